The lowest BCUT2D eigenvalue weighted by Crippen LogP contribution is -2.10. The predicted octanol–water partition coefficient (Wildman–Crippen LogP) is 4.58. The van der Waals surface area contributed by atoms with E-state index in [4.69, 9.17) is 11.6 Å². The maximum absolute atomic E-state index is 11.2. The molecule has 0 amide bonds. The van der Waals surface area contributed by atoms with Gasteiger partial charge in [0.05, 0.1) is 15.9 Å². The first-order chi connectivity index (χ1) is 8.97. The predicted molar refractivity (Wildman–Crippen MR) is 79.5 cm³/mol. The Morgan fingerprint density at radius 2 is 2.11 bits per heavy atom. The van der Waals surface area contributed by atoms with Crippen molar-refractivity contribution in [1.82, 2.24) is 0 Å². The smallest absolute Gasteiger partial charge is 0.337 e. The Hall–Kier alpha value is -1.52. The monoisotopic (exact) mass is 295 g/mol. The molecule has 1 atom stereocenters. The summed E-state index contributed by atoms with van der Waals surface area (Å²) in [4.78, 5) is 12.3. The highest BCUT2D eigenvalue weighted by Gasteiger charge is 2.14. The van der Waals surface area contributed by atoms with Crippen molar-refractivity contribution in [1.29, 1.82) is 0 Å². The third-order valence-electron chi connectivity index (χ3n) is 2.80. The summed E-state index contributed by atoms with van der Waals surface area (Å²) < 4.78 is 0.728. The van der Waals surface area contributed by atoms with Crippen LogP contribution in [0.4, 0.5) is 5.69 Å². The number of carbonyl (C=O) groups is 1. The fourth-order valence-corrected chi connectivity index (χ4v) is 2.89. The second kappa shape index (κ2) is 5.63. The number of thiophene rings is 1. The minimum Gasteiger partial charge on any atom is -0.478 e. The second-order valence-corrected chi connectivity index (χ2v) is 6.11. The number of halogens is 1. The number of hydrogen-bond donors (Lipinski definition) is 2. The standard InChI is InChI=1S/C14H14ClNO2S/c1-8-3-4-10(14(17)18)11(7-8)16-9(2)12-5-6-13(15)19-12/h3-7,9,16H,1-2H3,(H,17,18). The van der Waals surface area contributed by atoms with Gasteiger partial charge >= 0.3 is 5.97 Å². The van der Waals surface area contributed by atoms with Gasteiger partial charge in [0.25, 0.3) is 0 Å². The van der Waals surface area contributed by atoms with Crippen molar-refractivity contribution in [3.63, 3.8) is 0 Å². The highest BCUT2D eigenvalue weighted by Crippen LogP contribution is 2.30. The maximum Gasteiger partial charge on any atom is 0.337 e. The van der Waals surface area contributed by atoms with Crippen LogP contribution in [0.2, 0.25) is 4.34 Å². The molecule has 0 aliphatic heterocycles. The molecule has 2 N–H and O–H groups in total. The Labute approximate surface area is 120 Å². The molecular formula is C14H14ClNO2S. The minimum atomic E-state index is -0.932. The first-order valence-corrected chi connectivity index (χ1v) is 7.02. The summed E-state index contributed by atoms with van der Waals surface area (Å²) in [5.74, 6) is -0.932. The third kappa shape index (κ3) is 3.28. The van der Waals surface area contributed by atoms with E-state index in [9.17, 15) is 9.90 Å². The molecule has 3 nitrogen and oxygen atoms in total. The van der Waals surface area contributed by atoms with E-state index >= 15 is 0 Å². The van der Waals surface area contributed by atoms with Gasteiger partial charge in [0.1, 0.15) is 0 Å². The molecule has 1 aromatic heterocycles. The molecule has 19 heavy (non-hydrogen) atoms. The van der Waals surface area contributed by atoms with E-state index in [1.54, 1.807) is 12.1 Å². The van der Waals surface area contributed by atoms with Gasteiger partial charge in [-0.1, -0.05) is 17.7 Å². The molecule has 0 saturated heterocycles. The van der Waals surface area contributed by atoms with Crippen LogP contribution in [0.5, 0.6) is 0 Å². The molecule has 0 spiro atoms. The third-order valence-corrected chi connectivity index (χ3v) is 4.21. The lowest BCUT2D eigenvalue weighted by Gasteiger charge is -2.16. The van der Waals surface area contributed by atoms with E-state index in [2.05, 4.69) is 5.32 Å². The Kier molecular flexibility index (Phi) is 4.12. The quantitative estimate of drug-likeness (QED) is 0.868. The number of carboxylic acids is 1. The molecular weight excluding hydrogens is 282 g/mol. The Bertz CT molecular complexity index is 609. The highest BCUT2D eigenvalue weighted by atomic mass is 35.5. The van der Waals surface area contributed by atoms with Crippen molar-refractivity contribution < 1.29 is 9.90 Å². The molecule has 2 rings (SSSR count). The Morgan fingerprint density at radius 1 is 1.37 bits per heavy atom. The number of hydrogen-bond acceptors (Lipinski definition) is 3. The molecule has 1 aromatic carbocycles. The van der Waals surface area contributed by atoms with Gasteiger partial charge in [-0.15, -0.1) is 11.3 Å². The molecule has 0 fully saturated rings. The van der Waals surface area contributed by atoms with Crippen LogP contribution in [0, 0.1) is 6.92 Å². The molecule has 0 aliphatic carbocycles. The van der Waals surface area contributed by atoms with Crippen LogP contribution in [-0.2, 0) is 0 Å². The fraction of sp³-hybridized carbons (Fsp3) is 0.214. The van der Waals surface area contributed by atoms with Gasteiger partial charge < -0.3 is 10.4 Å². The van der Waals surface area contributed by atoms with Crippen LogP contribution in [0.1, 0.15) is 33.8 Å². The van der Waals surface area contributed by atoms with E-state index in [-0.39, 0.29) is 11.6 Å². The number of benzene rings is 1. The molecule has 100 valence electrons. The van der Waals surface area contributed by atoms with Crippen molar-refractivity contribution >= 4 is 34.6 Å². The largest absolute Gasteiger partial charge is 0.478 e. The minimum absolute atomic E-state index is 0.0115. The molecule has 0 aliphatic rings. The molecule has 0 saturated carbocycles. The average molecular weight is 296 g/mol. The van der Waals surface area contributed by atoms with Crippen molar-refractivity contribution in [3.05, 3.63) is 50.7 Å². The van der Waals surface area contributed by atoms with Crippen LogP contribution >= 0.6 is 22.9 Å². The van der Waals surface area contributed by atoms with Crippen molar-refractivity contribution in [3.8, 4) is 0 Å². The van der Waals surface area contributed by atoms with Gasteiger partial charge in [0, 0.05) is 10.6 Å². The van der Waals surface area contributed by atoms with E-state index in [0.717, 1.165) is 14.8 Å². The number of aromatic carboxylic acids is 1. The van der Waals surface area contributed by atoms with Crippen LogP contribution in [0.3, 0.4) is 0 Å². The first kappa shape index (κ1) is 13.9. The van der Waals surface area contributed by atoms with Gasteiger partial charge in [-0.25, -0.2) is 4.79 Å². The van der Waals surface area contributed by atoms with Crippen molar-refractivity contribution in [2.24, 2.45) is 0 Å². The molecule has 0 bridgehead atoms. The van der Waals surface area contributed by atoms with Crippen molar-refractivity contribution in [2.75, 3.05) is 5.32 Å². The summed E-state index contributed by atoms with van der Waals surface area (Å²) in [6.45, 7) is 3.92. The zero-order valence-corrected chi connectivity index (χ0v) is 12.2. The van der Waals surface area contributed by atoms with Gasteiger partial charge in [-0.2, -0.15) is 0 Å². The fourth-order valence-electron chi connectivity index (χ4n) is 1.83. The number of aryl methyl sites for hydroxylation is 1. The zero-order valence-electron chi connectivity index (χ0n) is 10.6. The molecule has 1 unspecified atom stereocenters. The lowest BCUT2D eigenvalue weighted by molar-refractivity contribution is 0.0698. The summed E-state index contributed by atoms with van der Waals surface area (Å²) >= 11 is 7.40. The first-order valence-electron chi connectivity index (χ1n) is 5.83. The number of carboxylic acid groups (broad SMARTS) is 1. The SMILES string of the molecule is Cc1ccc(C(=O)O)c(NC(C)c2ccc(Cl)s2)c1. The van der Waals surface area contributed by atoms with Gasteiger partial charge in [-0.3, -0.25) is 0 Å². The van der Waals surface area contributed by atoms with E-state index in [1.165, 1.54) is 11.3 Å². The summed E-state index contributed by atoms with van der Waals surface area (Å²) in [5, 5.41) is 12.4. The van der Waals surface area contributed by atoms with Gasteiger partial charge in [-0.05, 0) is 43.7 Å². The summed E-state index contributed by atoms with van der Waals surface area (Å²) in [7, 11) is 0. The molecule has 0 radical (unpaired) electrons. The second-order valence-electron chi connectivity index (χ2n) is 4.36. The molecule has 1 heterocycles. The van der Waals surface area contributed by atoms with E-state index in [0.29, 0.717) is 5.69 Å². The zero-order chi connectivity index (χ0) is 14.0. The maximum atomic E-state index is 11.2. The summed E-state index contributed by atoms with van der Waals surface area (Å²) in [6, 6.07) is 9.05. The average Bonchev–Trinajstić information content (AvgIpc) is 2.75. The number of rotatable bonds is 4. The topological polar surface area (TPSA) is 49.3 Å². The van der Waals surface area contributed by atoms with Crippen LogP contribution in [0.15, 0.2) is 30.3 Å². The normalized spacial score (nSPS) is 12.2. The van der Waals surface area contributed by atoms with Gasteiger partial charge in [0.2, 0.25) is 0 Å². The Morgan fingerprint density at radius 3 is 2.68 bits per heavy atom. The van der Waals surface area contributed by atoms with Crippen molar-refractivity contribution in [2.45, 2.75) is 19.9 Å². The Balaban J connectivity index is 2.27. The van der Waals surface area contributed by atoms with E-state index in [1.807, 2.05) is 32.0 Å². The highest BCUT2D eigenvalue weighted by molar-refractivity contribution is 7.16. The van der Waals surface area contributed by atoms with Gasteiger partial charge in [0.15, 0.2) is 0 Å². The van der Waals surface area contributed by atoms with Crippen LogP contribution in [0.25, 0.3) is 0 Å². The number of nitrogens with one attached hydrogen (secondary N) is 1. The molecule has 2 aromatic rings. The lowest BCUT2D eigenvalue weighted by atomic mass is 10.1. The number of anilines is 1. The van der Waals surface area contributed by atoms with E-state index < -0.39 is 5.97 Å². The van der Waals surface area contributed by atoms with Crippen LogP contribution < -0.4 is 5.32 Å². The summed E-state index contributed by atoms with van der Waals surface area (Å²) in [6.07, 6.45) is 0. The molecule has 5 heteroatoms. The van der Waals surface area contributed by atoms with Crippen LogP contribution in [-0.4, -0.2) is 11.1 Å². The summed E-state index contributed by atoms with van der Waals surface area (Å²) in [5.41, 5.74) is 1.92.